The molecule has 0 aromatic heterocycles. The fourth-order valence-electron chi connectivity index (χ4n) is 2.60. The molecule has 0 spiro atoms. The summed E-state index contributed by atoms with van der Waals surface area (Å²) in [6, 6.07) is 3.55. The summed E-state index contributed by atoms with van der Waals surface area (Å²) in [5.41, 5.74) is 0.251. The van der Waals surface area contributed by atoms with Crippen LogP contribution in [0.2, 0.25) is 10.0 Å². The number of anilines is 1. The van der Waals surface area contributed by atoms with Crippen LogP contribution in [0, 0.1) is 0 Å². The standard InChI is InChI=1S/C16H22Cl2N2O3/c1-16(2,3)23-15(22)20-10-5-4-9(6-10)19-11-7-12(17)14(21)13(18)8-11/h7-10,19,21H,4-6H2,1-3H3,(H,20,22). The molecule has 3 N–H and O–H groups in total. The van der Waals surface area contributed by atoms with Gasteiger partial charge in [0.25, 0.3) is 0 Å². The number of rotatable bonds is 3. The van der Waals surface area contributed by atoms with Crippen molar-refractivity contribution in [1.82, 2.24) is 5.32 Å². The Labute approximate surface area is 146 Å². The van der Waals surface area contributed by atoms with E-state index in [-0.39, 0.29) is 34.0 Å². The smallest absolute Gasteiger partial charge is 0.407 e. The third-order valence-corrected chi connectivity index (χ3v) is 4.12. The predicted octanol–water partition coefficient (Wildman–Crippen LogP) is 4.56. The van der Waals surface area contributed by atoms with Gasteiger partial charge >= 0.3 is 6.09 Å². The maximum absolute atomic E-state index is 11.8. The lowest BCUT2D eigenvalue weighted by atomic mass is 10.2. The van der Waals surface area contributed by atoms with Crippen molar-refractivity contribution < 1.29 is 14.6 Å². The summed E-state index contributed by atoms with van der Waals surface area (Å²) in [5, 5.41) is 16.2. The van der Waals surface area contributed by atoms with Crippen molar-refractivity contribution in [3.63, 3.8) is 0 Å². The predicted molar refractivity (Wildman–Crippen MR) is 92.5 cm³/mol. The molecular weight excluding hydrogens is 339 g/mol. The monoisotopic (exact) mass is 360 g/mol. The van der Waals surface area contributed by atoms with Crippen molar-refractivity contribution in [3.05, 3.63) is 22.2 Å². The van der Waals surface area contributed by atoms with Gasteiger partial charge in [-0.3, -0.25) is 0 Å². The van der Waals surface area contributed by atoms with E-state index >= 15 is 0 Å². The number of nitrogens with one attached hydrogen (secondary N) is 2. The molecule has 0 bridgehead atoms. The molecule has 128 valence electrons. The molecule has 1 fully saturated rings. The number of hydrogen-bond acceptors (Lipinski definition) is 4. The zero-order valence-corrected chi connectivity index (χ0v) is 15.0. The van der Waals surface area contributed by atoms with Crippen molar-refractivity contribution in [2.45, 2.75) is 57.7 Å². The first-order chi connectivity index (χ1) is 10.6. The van der Waals surface area contributed by atoms with Gasteiger partial charge in [0.15, 0.2) is 5.75 Å². The van der Waals surface area contributed by atoms with Gasteiger partial charge in [-0.1, -0.05) is 23.2 Å². The molecule has 2 atom stereocenters. The minimum absolute atomic E-state index is 0.0745. The van der Waals surface area contributed by atoms with Gasteiger partial charge < -0.3 is 20.5 Å². The molecule has 1 amide bonds. The van der Waals surface area contributed by atoms with Crippen LogP contribution in [0.1, 0.15) is 40.0 Å². The van der Waals surface area contributed by atoms with Gasteiger partial charge in [0.1, 0.15) is 5.60 Å². The number of phenolic OH excluding ortho intramolecular Hbond substituents is 1. The van der Waals surface area contributed by atoms with E-state index in [1.807, 2.05) is 20.8 Å². The molecule has 1 aliphatic carbocycles. The summed E-state index contributed by atoms with van der Waals surface area (Å²) in [6.45, 7) is 5.51. The second-order valence-corrected chi connectivity index (χ2v) is 7.60. The average Bonchev–Trinajstić information content (AvgIpc) is 2.80. The van der Waals surface area contributed by atoms with Gasteiger partial charge in [-0.15, -0.1) is 0 Å². The first-order valence-electron chi connectivity index (χ1n) is 7.58. The highest BCUT2D eigenvalue weighted by Gasteiger charge is 2.27. The minimum atomic E-state index is -0.500. The Balaban J connectivity index is 1.87. The van der Waals surface area contributed by atoms with Crippen molar-refractivity contribution in [3.8, 4) is 5.75 Å². The lowest BCUT2D eigenvalue weighted by Gasteiger charge is -2.22. The first kappa shape index (κ1) is 18.0. The number of alkyl carbamates (subject to hydrolysis) is 1. The van der Waals surface area contributed by atoms with E-state index in [1.165, 1.54) is 0 Å². The fraction of sp³-hybridized carbons (Fsp3) is 0.562. The van der Waals surface area contributed by atoms with Crippen LogP contribution in [0.15, 0.2) is 12.1 Å². The molecule has 0 radical (unpaired) electrons. The maximum atomic E-state index is 11.8. The van der Waals surface area contributed by atoms with Gasteiger partial charge in [-0.05, 0) is 52.2 Å². The summed E-state index contributed by atoms with van der Waals surface area (Å²) in [5.74, 6) is -0.116. The molecule has 0 aliphatic heterocycles. The summed E-state index contributed by atoms with van der Waals surface area (Å²) in [6.07, 6.45) is 2.18. The van der Waals surface area contributed by atoms with Crippen LogP contribution in [0.25, 0.3) is 0 Å². The normalized spacial score (nSPS) is 21.1. The Hall–Kier alpha value is -1.33. The molecule has 1 aromatic carbocycles. The van der Waals surface area contributed by atoms with Crippen molar-refractivity contribution in [2.75, 3.05) is 5.32 Å². The van der Waals surface area contributed by atoms with Crippen LogP contribution in [0.4, 0.5) is 10.5 Å². The molecule has 0 heterocycles. The highest BCUT2D eigenvalue weighted by atomic mass is 35.5. The Morgan fingerprint density at radius 1 is 1.22 bits per heavy atom. The van der Waals surface area contributed by atoms with E-state index in [9.17, 15) is 9.90 Å². The summed E-state index contributed by atoms with van der Waals surface area (Å²) in [7, 11) is 0. The SMILES string of the molecule is CC(C)(C)OC(=O)NC1CCC(Nc2cc(Cl)c(O)c(Cl)c2)C1. The number of aromatic hydroxyl groups is 1. The first-order valence-corrected chi connectivity index (χ1v) is 8.33. The van der Waals surface area contributed by atoms with Gasteiger partial charge in [0.2, 0.25) is 0 Å². The van der Waals surface area contributed by atoms with Gasteiger partial charge in [0, 0.05) is 17.8 Å². The average molecular weight is 361 g/mol. The largest absolute Gasteiger partial charge is 0.505 e. The number of carbonyl (C=O) groups is 1. The van der Waals surface area contributed by atoms with E-state index in [0.717, 1.165) is 24.9 Å². The van der Waals surface area contributed by atoms with Gasteiger partial charge in [0.05, 0.1) is 10.0 Å². The molecule has 0 saturated heterocycles. The topological polar surface area (TPSA) is 70.6 Å². The minimum Gasteiger partial charge on any atom is -0.505 e. The second kappa shape index (κ2) is 7.05. The molecule has 1 saturated carbocycles. The molecule has 1 aliphatic rings. The van der Waals surface area contributed by atoms with E-state index in [1.54, 1.807) is 12.1 Å². The molecule has 1 aromatic rings. The van der Waals surface area contributed by atoms with Crippen LogP contribution < -0.4 is 10.6 Å². The van der Waals surface area contributed by atoms with E-state index in [0.29, 0.717) is 0 Å². The molecule has 5 nitrogen and oxygen atoms in total. The Morgan fingerprint density at radius 2 is 1.78 bits per heavy atom. The van der Waals surface area contributed by atoms with Crippen LogP contribution >= 0.6 is 23.2 Å². The van der Waals surface area contributed by atoms with Gasteiger partial charge in [-0.2, -0.15) is 0 Å². The lowest BCUT2D eigenvalue weighted by Crippen LogP contribution is -2.38. The zero-order valence-electron chi connectivity index (χ0n) is 13.5. The number of ether oxygens (including phenoxy) is 1. The zero-order chi connectivity index (χ0) is 17.2. The lowest BCUT2D eigenvalue weighted by molar-refractivity contribution is 0.0505. The van der Waals surface area contributed by atoms with Crippen LogP contribution in [-0.4, -0.2) is 28.9 Å². The molecule has 7 heteroatoms. The van der Waals surface area contributed by atoms with Gasteiger partial charge in [-0.25, -0.2) is 4.79 Å². The van der Waals surface area contributed by atoms with Crippen LogP contribution in [0.5, 0.6) is 5.75 Å². The third kappa shape index (κ3) is 5.36. The number of halogens is 2. The van der Waals surface area contributed by atoms with E-state index in [4.69, 9.17) is 27.9 Å². The molecule has 2 rings (SSSR count). The quantitative estimate of drug-likeness (QED) is 0.691. The molecular formula is C16H22Cl2N2O3. The van der Waals surface area contributed by atoms with E-state index < -0.39 is 5.60 Å². The summed E-state index contributed by atoms with van der Waals surface area (Å²) in [4.78, 5) is 11.8. The summed E-state index contributed by atoms with van der Waals surface area (Å²) < 4.78 is 5.26. The van der Waals surface area contributed by atoms with Crippen molar-refractivity contribution in [2.24, 2.45) is 0 Å². The van der Waals surface area contributed by atoms with Crippen molar-refractivity contribution >= 4 is 35.0 Å². The Kier molecular flexibility index (Phi) is 5.53. The number of hydrogen-bond donors (Lipinski definition) is 3. The second-order valence-electron chi connectivity index (χ2n) is 6.79. The molecule has 23 heavy (non-hydrogen) atoms. The highest BCUT2D eigenvalue weighted by molar-refractivity contribution is 6.37. The number of amides is 1. The Morgan fingerprint density at radius 3 is 2.35 bits per heavy atom. The third-order valence-electron chi connectivity index (χ3n) is 3.54. The number of carbonyl (C=O) groups excluding carboxylic acids is 1. The van der Waals surface area contributed by atoms with Crippen LogP contribution in [-0.2, 0) is 4.74 Å². The highest BCUT2D eigenvalue weighted by Crippen LogP contribution is 2.35. The summed E-state index contributed by atoms with van der Waals surface area (Å²) >= 11 is 11.8. The number of benzene rings is 1. The number of phenols is 1. The Bertz CT molecular complexity index is 564. The van der Waals surface area contributed by atoms with Crippen LogP contribution in [0.3, 0.4) is 0 Å². The van der Waals surface area contributed by atoms with E-state index in [2.05, 4.69) is 10.6 Å². The molecule has 2 unspecified atom stereocenters. The van der Waals surface area contributed by atoms with Crippen molar-refractivity contribution in [1.29, 1.82) is 0 Å². The maximum Gasteiger partial charge on any atom is 0.407 e. The fourth-order valence-corrected chi connectivity index (χ4v) is 3.09.